The first-order valence-corrected chi connectivity index (χ1v) is 9.65. The zero-order valence-electron chi connectivity index (χ0n) is 17.0. The summed E-state index contributed by atoms with van der Waals surface area (Å²) in [5.41, 5.74) is 1.90. The minimum atomic E-state index is -0.888. The molecule has 0 aliphatic carbocycles. The van der Waals surface area contributed by atoms with E-state index in [1.807, 2.05) is 19.1 Å². The molecule has 0 bridgehead atoms. The van der Waals surface area contributed by atoms with Gasteiger partial charge in [-0.25, -0.2) is 0 Å². The van der Waals surface area contributed by atoms with Gasteiger partial charge in [0.05, 0.1) is 31.5 Å². The lowest BCUT2D eigenvalue weighted by Gasteiger charge is -2.25. The van der Waals surface area contributed by atoms with Gasteiger partial charge < -0.3 is 24.3 Å². The van der Waals surface area contributed by atoms with Crippen molar-refractivity contribution >= 4 is 17.4 Å². The van der Waals surface area contributed by atoms with E-state index in [0.717, 1.165) is 5.56 Å². The third-order valence-corrected chi connectivity index (χ3v) is 5.29. The average molecular weight is 419 g/mol. The SMILES string of the molecule is COc1cc([C@@H]2C(=C(O)c3ccc(C)cc3)C(=O)C(=O)N2Cc2ccco2)ccc1O. The molecule has 1 atom stereocenters. The minimum absolute atomic E-state index is 0.0341. The average Bonchev–Trinajstić information content (AvgIpc) is 3.37. The minimum Gasteiger partial charge on any atom is -0.507 e. The van der Waals surface area contributed by atoms with E-state index < -0.39 is 17.7 Å². The van der Waals surface area contributed by atoms with Gasteiger partial charge in [0.25, 0.3) is 11.7 Å². The van der Waals surface area contributed by atoms with E-state index in [0.29, 0.717) is 16.9 Å². The smallest absolute Gasteiger partial charge is 0.296 e. The fraction of sp³-hybridized carbons (Fsp3) is 0.167. The first-order chi connectivity index (χ1) is 14.9. The molecule has 0 saturated carbocycles. The van der Waals surface area contributed by atoms with Gasteiger partial charge in [0.1, 0.15) is 11.5 Å². The highest BCUT2D eigenvalue weighted by molar-refractivity contribution is 6.46. The van der Waals surface area contributed by atoms with E-state index in [1.54, 1.807) is 36.4 Å². The van der Waals surface area contributed by atoms with Gasteiger partial charge >= 0.3 is 0 Å². The summed E-state index contributed by atoms with van der Waals surface area (Å²) in [7, 11) is 1.41. The molecule has 7 heteroatoms. The van der Waals surface area contributed by atoms with Crippen molar-refractivity contribution in [2.24, 2.45) is 0 Å². The molecule has 0 unspecified atom stereocenters. The number of phenols is 1. The summed E-state index contributed by atoms with van der Waals surface area (Å²) in [5.74, 6) is -1.20. The molecule has 1 aliphatic heterocycles. The maximum absolute atomic E-state index is 13.0. The van der Waals surface area contributed by atoms with Crippen molar-refractivity contribution in [2.75, 3.05) is 7.11 Å². The molecule has 1 fully saturated rings. The Hall–Kier alpha value is -4.00. The molecule has 3 aromatic rings. The molecule has 2 N–H and O–H groups in total. The number of aliphatic hydroxyl groups is 1. The third-order valence-electron chi connectivity index (χ3n) is 5.29. The number of rotatable bonds is 5. The number of hydrogen-bond donors (Lipinski definition) is 2. The van der Waals surface area contributed by atoms with Crippen LogP contribution in [0, 0.1) is 6.92 Å². The van der Waals surface area contributed by atoms with E-state index in [4.69, 9.17) is 9.15 Å². The monoisotopic (exact) mass is 419 g/mol. The van der Waals surface area contributed by atoms with Gasteiger partial charge in [-0.05, 0) is 36.8 Å². The number of likely N-dealkylation sites (tertiary alicyclic amines) is 1. The number of nitrogens with zero attached hydrogens (tertiary/aromatic N) is 1. The lowest BCUT2D eigenvalue weighted by Crippen LogP contribution is -2.29. The topological polar surface area (TPSA) is 100 Å². The molecular formula is C24H21NO6. The third kappa shape index (κ3) is 3.66. The maximum Gasteiger partial charge on any atom is 0.296 e. The second-order valence-corrected chi connectivity index (χ2v) is 7.30. The van der Waals surface area contributed by atoms with Crippen LogP contribution in [-0.2, 0) is 16.1 Å². The van der Waals surface area contributed by atoms with Crippen LogP contribution >= 0.6 is 0 Å². The van der Waals surface area contributed by atoms with Gasteiger partial charge in [0, 0.05) is 5.56 Å². The van der Waals surface area contributed by atoms with E-state index in [9.17, 15) is 19.8 Å². The number of aliphatic hydroxyl groups excluding tert-OH is 1. The predicted octanol–water partition coefficient (Wildman–Crippen LogP) is 3.92. The first kappa shape index (κ1) is 20.3. The van der Waals surface area contributed by atoms with Crippen molar-refractivity contribution < 1.29 is 29.0 Å². The van der Waals surface area contributed by atoms with E-state index in [2.05, 4.69) is 0 Å². The molecule has 4 rings (SSSR count). The van der Waals surface area contributed by atoms with Crippen LogP contribution < -0.4 is 4.74 Å². The number of aromatic hydroxyl groups is 1. The van der Waals surface area contributed by atoms with Crippen LogP contribution in [0.4, 0.5) is 0 Å². The summed E-state index contributed by atoms with van der Waals surface area (Å²) in [5, 5.41) is 21.0. The molecule has 2 aromatic carbocycles. The Morgan fingerprint density at radius 2 is 1.87 bits per heavy atom. The van der Waals surface area contributed by atoms with E-state index in [-0.39, 0.29) is 29.4 Å². The molecule has 0 spiro atoms. The normalized spacial score (nSPS) is 17.9. The molecule has 158 valence electrons. The second-order valence-electron chi connectivity index (χ2n) is 7.30. The van der Waals surface area contributed by atoms with Crippen molar-refractivity contribution in [3.63, 3.8) is 0 Å². The number of phenolic OH excluding ortho intramolecular Hbond substituents is 1. The lowest BCUT2D eigenvalue weighted by atomic mass is 9.94. The summed E-state index contributed by atoms with van der Waals surface area (Å²) in [6.45, 7) is 1.95. The summed E-state index contributed by atoms with van der Waals surface area (Å²) >= 11 is 0. The predicted molar refractivity (Wildman–Crippen MR) is 112 cm³/mol. The van der Waals surface area contributed by atoms with Crippen LogP contribution in [0.2, 0.25) is 0 Å². The standard InChI is InChI=1S/C24H21NO6/c1-14-5-7-15(8-6-14)22(27)20-21(16-9-10-18(26)19(12-16)30-2)25(24(29)23(20)28)13-17-4-3-11-31-17/h3-12,21,26-27H,13H2,1-2H3/t21-/m1/s1. The highest BCUT2D eigenvalue weighted by Crippen LogP contribution is 2.42. The Labute approximate surface area is 178 Å². The van der Waals surface area contributed by atoms with Crippen molar-refractivity contribution in [3.05, 3.63) is 88.9 Å². The molecule has 1 aliphatic rings. The molecule has 7 nitrogen and oxygen atoms in total. The molecule has 2 heterocycles. The number of methoxy groups -OCH3 is 1. The molecule has 1 saturated heterocycles. The Kier molecular flexibility index (Phi) is 5.25. The molecular weight excluding hydrogens is 398 g/mol. The van der Waals surface area contributed by atoms with Crippen LogP contribution in [0.5, 0.6) is 11.5 Å². The van der Waals surface area contributed by atoms with Crippen molar-refractivity contribution in [3.8, 4) is 11.5 Å². The zero-order valence-corrected chi connectivity index (χ0v) is 17.0. The maximum atomic E-state index is 13.0. The number of furan rings is 1. The van der Waals surface area contributed by atoms with Gasteiger partial charge in [-0.2, -0.15) is 0 Å². The fourth-order valence-electron chi connectivity index (χ4n) is 3.69. The number of Topliss-reactive ketones (excluding diaryl/α,β-unsaturated/α-hetero) is 1. The van der Waals surface area contributed by atoms with Crippen LogP contribution in [0.3, 0.4) is 0 Å². The van der Waals surface area contributed by atoms with Gasteiger partial charge in [-0.15, -0.1) is 0 Å². The number of ether oxygens (including phenoxy) is 1. The molecule has 0 radical (unpaired) electrons. The van der Waals surface area contributed by atoms with Crippen molar-refractivity contribution in [2.45, 2.75) is 19.5 Å². The van der Waals surface area contributed by atoms with Crippen LogP contribution in [0.1, 0.15) is 28.5 Å². The van der Waals surface area contributed by atoms with Gasteiger partial charge in [-0.3, -0.25) is 9.59 Å². The number of ketones is 1. The first-order valence-electron chi connectivity index (χ1n) is 9.65. The number of benzene rings is 2. The van der Waals surface area contributed by atoms with Gasteiger partial charge in [0.2, 0.25) is 0 Å². The van der Waals surface area contributed by atoms with Crippen LogP contribution in [0.25, 0.3) is 5.76 Å². The highest BCUT2D eigenvalue weighted by Gasteiger charge is 2.46. The van der Waals surface area contributed by atoms with E-state index in [1.165, 1.54) is 24.3 Å². The Balaban J connectivity index is 1.89. The Morgan fingerprint density at radius 3 is 2.52 bits per heavy atom. The molecule has 1 aromatic heterocycles. The molecule has 1 amide bonds. The second kappa shape index (κ2) is 8.02. The summed E-state index contributed by atoms with van der Waals surface area (Å²) in [4.78, 5) is 27.3. The number of carbonyl (C=O) groups is 2. The quantitative estimate of drug-likeness (QED) is 0.369. The largest absolute Gasteiger partial charge is 0.507 e. The van der Waals surface area contributed by atoms with Crippen LogP contribution in [-0.4, -0.2) is 33.9 Å². The Morgan fingerprint density at radius 1 is 1.13 bits per heavy atom. The number of hydrogen-bond acceptors (Lipinski definition) is 6. The Bertz CT molecular complexity index is 1160. The number of amides is 1. The van der Waals surface area contributed by atoms with Crippen LogP contribution in [0.15, 0.2) is 70.9 Å². The summed E-state index contributed by atoms with van der Waals surface area (Å²) in [6, 6.07) is 14.1. The van der Waals surface area contributed by atoms with Crippen molar-refractivity contribution in [1.82, 2.24) is 4.90 Å². The number of carbonyl (C=O) groups excluding carboxylic acids is 2. The van der Waals surface area contributed by atoms with Gasteiger partial charge in [-0.1, -0.05) is 35.9 Å². The summed E-state index contributed by atoms with van der Waals surface area (Å²) in [6.07, 6.45) is 1.48. The highest BCUT2D eigenvalue weighted by atomic mass is 16.5. The van der Waals surface area contributed by atoms with Gasteiger partial charge in [0.15, 0.2) is 11.5 Å². The van der Waals surface area contributed by atoms with Crippen molar-refractivity contribution in [1.29, 1.82) is 0 Å². The molecule has 31 heavy (non-hydrogen) atoms. The fourth-order valence-corrected chi connectivity index (χ4v) is 3.69. The zero-order chi connectivity index (χ0) is 22.1. The summed E-state index contributed by atoms with van der Waals surface area (Å²) < 4.78 is 10.6. The lowest BCUT2D eigenvalue weighted by molar-refractivity contribution is -0.140. The van der Waals surface area contributed by atoms with E-state index >= 15 is 0 Å². The number of aryl methyl sites for hydroxylation is 1.